The Bertz CT molecular complexity index is 419. The van der Waals surface area contributed by atoms with E-state index in [1.54, 1.807) is 38.1 Å². The Kier molecular flexibility index (Phi) is 4.45. The third-order valence-electron chi connectivity index (χ3n) is 2.09. The summed E-state index contributed by atoms with van der Waals surface area (Å²) in [6.07, 6.45) is 2.42. The normalized spacial score (nSPS) is 11.0. The molecule has 1 rings (SSSR count). The van der Waals surface area contributed by atoms with Crippen molar-refractivity contribution in [3.63, 3.8) is 0 Å². The summed E-state index contributed by atoms with van der Waals surface area (Å²) in [5.74, 6) is -0.358. The Morgan fingerprint density at radius 1 is 1.31 bits per heavy atom. The van der Waals surface area contributed by atoms with Crippen LogP contribution in [0.3, 0.4) is 0 Å². The first-order valence-electron chi connectivity index (χ1n) is 5.08. The van der Waals surface area contributed by atoms with Crippen LogP contribution in [0.1, 0.15) is 29.8 Å². The van der Waals surface area contributed by atoms with E-state index in [4.69, 9.17) is 4.74 Å². The van der Waals surface area contributed by atoms with Crippen molar-refractivity contribution in [1.82, 2.24) is 0 Å². The molecular weight excluding hydrogens is 204 g/mol. The molecule has 84 valence electrons. The molecule has 0 spiro atoms. The number of aldehydes is 1. The fourth-order valence-corrected chi connectivity index (χ4v) is 1.29. The molecule has 0 radical (unpaired) electrons. The molecule has 0 fully saturated rings. The minimum absolute atomic E-state index is 0.347. The molecular formula is C13H14O3. The molecule has 0 aliphatic heterocycles. The highest BCUT2D eigenvalue weighted by atomic mass is 16.5. The smallest absolute Gasteiger partial charge is 0.333 e. The van der Waals surface area contributed by atoms with Crippen molar-refractivity contribution in [2.45, 2.75) is 13.8 Å². The van der Waals surface area contributed by atoms with Crippen molar-refractivity contribution >= 4 is 18.3 Å². The van der Waals surface area contributed by atoms with Crippen molar-refractivity contribution in [2.24, 2.45) is 0 Å². The molecule has 3 heteroatoms. The lowest BCUT2D eigenvalue weighted by molar-refractivity contribution is -0.138. The highest BCUT2D eigenvalue weighted by Gasteiger charge is 2.05. The highest BCUT2D eigenvalue weighted by molar-refractivity contribution is 5.94. The third kappa shape index (κ3) is 3.05. The molecule has 0 aliphatic carbocycles. The van der Waals surface area contributed by atoms with Gasteiger partial charge in [0.15, 0.2) is 6.29 Å². The fourth-order valence-electron chi connectivity index (χ4n) is 1.29. The summed E-state index contributed by atoms with van der Waals surface area (Å²) >= 11 is 0. The van der Waals surface area contributed by atoms with Gasteiger partial charge in [0.05, 0.1) is 6.61 Å². The zero-order chi connectivity index (χ0) is 12.0. The van der Waals surface area contributed by atoms with Crippen LogP contribution >= 0.6 is 0 Å². The quantitative estimate of drug-likeness (QED) is 0.443. The van der Waals surface area contributed by atoms with Gasteiger partial charge in [-0.1, -0.05) is 24.3 Å². The van der Waals surface area contributed by atoms with E-state index < -0.39 is 0 Å². The van der Waals surface area contributed by atoms with Crippen LogP contribution in [0, 0.1) is 0 Å². The van der Waals surface area contributed by atoms with Gasteiger partial charge in [0.2, 0.25) is 0 Å². The van der Waals surface area contributed by atoms with Crippen LogP contribution < -0.4 is 0 Å². The summed E-state index contributed by atoms with van der Waals surface area (Å²) < 4.78 is 4.85. The number of carbonyl (C=O) groups excluding carboxylic acids is 2. The second-order valence-corrected chi connectivity index (χ2v) is 3.29. The predicted octanol–water partition coefficient (Wildman–Crippen LogP) is 2.47. The lowest BCUT2D eigenvalue weighted by atomic mass is 10.1. The summed E-state index contributed by atoms with van der Waals surface area (Å²) in [6.45, 7) is 3.77. The fraction of sp³-hybridized carbons (Fsp3) is 0.231. The third-order valence-corrected chi connectivity index (χ3v) is 2.09. The summed E-state index contributed by atoms with van der Waals surface area (Å²) in [4.78, 5) is 22.1. The lowest BCUT2D eigenvalue weighted by Gasteiger charge is -2.03. The number of hydrogen-bond donors (Lipinski definition) is 0. The van der Waals surface area contributed by atoms with Crippen LogP contribution in [0.25, 0.3) is 6.08 Å². The zero-order valence-electron chi connectivity index (χ0n) is 9.40. The first kappa shape index (κ1) is 12.2. The maximum atomic E-state index is 11.4. The molecule has 0 N–H and O–H groups in total. The Morgan fingerprint density at radius 2 is 1.94 bits per heavy atom. The zero-order valence-corrected chi connectivity index (χ0v) is 9.40. The summed E-state index contributed by atoms with van der Waals surface area (Å²) in [5.41, 5.74) is 1.77. The molecule has 1 aromatic rings. The standard InChI is InChI=1S/C13H14O3/c1-3-16-13(15)10(2)8-11-6-4-5-7-12(11)9-14/h4-9H,3H2,1-2H3. The van der Waals surface area contributed by atoms with Gasteiger partial charge < -0.3 is 4.74 Å². The van der Waals surface area contributed by atoms with Crippen LogP contribution in [0.4, 0.5) is 0 Å². The molecule has 0 unspecified atom stereocenters. The molecule has 1 aromatic carbocycles. The molecule has 0 saturated carbocycles. The first-order valence-corrected chi connectivity index (χ1v) is 5.08. The van der Waals surface area contributed by atoms with E-state index in [0.717, 1.165) is 11.8 Å². The maximum Gasteiger partial charge on any atom is 0.333 e. The maximum absolute atomic E-state index is 11.4. The number of rotatable bonds is 4. The average molecular weight is 218 g/mol. The number of hydrogen-bond acceptors (Lipinski definition) is 3. The topological polar surface area (TPSA) is 43.4 Å². The van der Waals surface area contributed by atoms with Gasteiger partial charge in [-0.05, 0) is 25.5 Å². The Balaban J connectivity index is 2.97. The van der Waals surface area contributed by atoms with Gasteiger partial charge in [-0.2, -0.15) is 0 Å². The number of esters is 1. The average Bonchev–Trinajstić information content (AvgIpc) is 2.30. The summed E-state index contributed by atoms with van der Waals surface area (Å²) in [5, 5.41) is 0. The van der Waals surface area contributed by atoms with E-state index in [9.17, 15) is 9.59 Å². The highest BCUT2D eigenvalue weighted by Crippen LogP contribution is 2.12. The van der Waals surface area contributed by atoms with Crippen molar-refractivity contribution in [3.8, 4) is 0 Å². The van der Waals surface area contributed by atoms with Gasteiger partial charge in [0, 0.05) is 11.1 Å². The monoisotopic (exact) mass is 218 g/mol. The second-order valence-electron chi connectivity index (χ2n) is 3.29. The Hall–Kier alpha value is -1.90. The van der Waals surface area contributed by atoms with Crippen molar-refractivity contribution in [2.75, 3.05) is 6.61 Å². The molecule has 0 atom stereocenters. The summed E-state index contributed by atoms with van der Waals surface area (Å²) in [7, 11) is 0. The number of benzene rings is 1. The molecule has 0 aromatic heterocycles. The second kappa shape index (κ2) is 5.85. The van der Waals surface area contributed by atoms with E-state index in [1.165, 1.54) is 0 Å². The largest absolute Gasteiger partial charge is 0.463 e. The number of carbonyl (C=O) groups is 2. The summed E-state index contributed by atoms with van der Waals surface area (Å²) in [6, 6.07) is 7.09. The molecule has 0 heterocycles. The van der Waals surface area contributed by atoms with Gasteiger partial charge >= 0.3 is 5.97 Å². The van der Waals surface area contributed by atoms with Crippen LogP contribution in [-0.2, 0) is 9.53 Å². The van der Waals surface area contributed by atoms with Gasteiger partial charge in [-0.3, -0.25) is 4.79 Å². The van der Waals surface area contributed by atoms with E-state index in [1.807, 2.05) is 6.07 Å². The van der Waals surface area contributed by atoms with Crippen LogP contribution in [0.2, 0.25) is 0 Å². The number of ether oxygens (including phenoxy) is 1. The molecule has 0 saturated heterocycles. The molecule has 0 bridgehead atoms. The van der Waals surface area contributed by atoms with Crippen molar-refractivity contribution < 1.29 is 14.3 Å². The molecule has 3 nitrogen and oxygen atoms in total. The van der Waals surface area contributed by atoms with E-state index in [0.29, 0.717) is 17.7 Å². The molecule has 0 aliphatic rings. The first-order chi connectivity index (χ1) is 7.69. The van der Waals surface area contributed by atoms with Crippen molar-refractivity contribution in [3.05, 3.63) is 41.0 Å². The van der Waals surface area contributed by atoms with Crippen LogP contribution in [-0.4, -0.2) is 18.9 Å². The van der Waals surface area contributed by atoms with E-state index >= 15 is 0 Å². The minimum Gasteiger partial charge on any atom is -0.463 e. The van der Waals surface area contributed by atoms with E-state index in [-0.39, 0.29) is 5.97 Å². The minimum atomic E-state index is -0.358. The SMILES string of the molecule is CCOC(=O)C(C)=Cc1ccccc1C=O. The predicted molar refractivity (Wildman–Crippen MR) is 62.1 cm³/mol. The van der Waals surface area contributed by atoms with E-state index in [2.05, 4.69) is 0 Å². The Morgan fingerprint density at radius 3 is 2.50 bits per heavy atom. The van der Waals surface area contributed by atoms with Gasteiger partial charge in [0.25, 0.3) is 0 Å². The van der Waals surface area contributed by atoms with Gasteiger partial charge in [0.1, 0.15) is 0 Å². The van der Waals surface area contributed by atoms with Crippen molar-refractivity contribution in [1.29, 1.82) is 0 Å². The molecule has 0 amide bonds. The van der Waals surface area contributed by atoms with Crippen LogP contribution in [0.15, 0.2) is 29.8 Å². The van der Waals surface area contributed by atoms with Gasteiger partial charge in [-0.25, -0.2) is 4.79 Å². The van der Waals surface area contributed by atoms with Crippen LogP contribution in [0.5, 0.6) is 0 Å². The molecule has 16 heavy (non-hydrogen) atoms. The Labute approximate surface area is 94.7 Å². The lowest BCUT2D eigenvalue weighted by Crippen LogP contribution is -2.05. The van der Waals surface area contributed by atoms with Gasteiger partial charge in [-0.15, -0.1) is 0 Å².